The van der Waals surface area contributed by atoms with E-state index < -0.39 is 11.6 Å². The molecule has 0 unspecified atom stereocenters. The molecule has 4 amide bonds. The van der Waals surface area contributed by atoms with E-state index in [9.17, 15) is 14.4 Å². The number of imide groups is 1. The summed E-state index contributed by atoms with van der Waals surface area (Å²) >= 11 is 0. The van der Waals surface area contributed by atoms with Crippen molar-refractivity contribution in [3.05, 3.63) is 30.1 Å². The summed E-state index contributed by atoms with van der Waals surface area (Å²) in [6.07, 6.45) is 3.13. The zero-order chi connectivity index (χ0) is 18.3. The molecular formula is C18H21N5O3. The average Bonchev–Trinajstić information content (AvgIpc) is 3.28. The summed E-state index contributed by atoms with van der Waals surface area (Å²) in [7, 11) is 1.89. The number of nitrogens with zero attached hydrogens (tertiary/aromatic N) is 3. The van der Waals surface area contributed by atoms with Crippen LogP contribution in [0.15, 0.2) is 24.3 Å². The van der Waals surface area contributed by atoms with Crippen molar-refractivity contribution in [2.45, 2.75) is 37.8 Å². The zero-order valence-electron chi connectivity index (χ0n) is 14.6. The van der Waals surface area contributed by atoms with Gasteiger partial charge in [0.05, 0.1) is 17.6 Å². The number of amides is 4. The predicted molar refractivity (Wildman–Crippen MR) is 94.0 cm³/mol. The number of urea groups is 1. The maximum atomic E-state index is 12.6. The number of benzene rings is 1. The van der Waals surface area contributed by atoms with E-state index in [4.69, 9.17) is 0 Å². The van der Waals surface area contributed by atoms with E-state index in [1.54, 1.807) is 0 Å². The van der Waals surface area contributed by atoms with Gasteiger partial charge in [-0.15, -0.1) is 0 Å². The molecule has 0 bridgehead atoms. The lowest BCUT2D eigenvalue weighted by Crippen LogP contribution is -2.45. The molecule has 2 N–H and O–H groups in total. The molecule has 1 saturated heterocycles. The lowest BCUT2D eigenvalue weighted by Gasteiger charge is -2.19. The second-order valence-electron chi connectivity index (χ2n) is 6.96. The standard InChI is InChI=1S/C18H21N5O3/c1-22-13-7-3-2-6-12(13)20-14(22)10-19-15(24)11-23-16(25)18(21-17(23)26)8-4-5-9-18/h2-3,6-7H,4-5,8-11H2,1H3,(H,19,24)(H,21,26). The lowest BCUT2D eigenvalue weighted by molar-refractivity contribution is -0.134. The van der Waals surface area contributed by atoms with Gasteiger partial charge in [-0.3, -0.25) is 14.5 Å². The van der Waals surface area contributed by atoms with E-state index >= 15 is 0 Å². The Morgan fingerprint density at radius 3 is 2.73 bits per heavy atom. The highest BCUT2D eigenvalue weighted by molar-refractivity contribution is 6.09. The summed E-state index contributed by atoms with van der Waals surface area (Å²) in [5, 5.41) is 5.53. The van der Waals surface area contributed by atoms with Crippen molar-refractivity contribution in [2.75, 3.05) is 6.54 Å². The number of para-hydroxylation sites is 2. The summed E-state index contributed by atoms with van der Waals surface area (Å²) in [6.45, 7) is -0.0326. The molecular weight excluding hydrogens is 334 g/mol. The molecule has 1 aliphatic carbocycles. The van der Waals surface area contributed by atoms with Crippen LogP contribution in [0.3, 0.4) is 0 Å². The minimum atomic E-state index is -0.783. The van der Waals surface area contributed by atoms with Crippen molar-refractivity contribution < 1.29 is 14.4 Å². The fourth-order valence-corrected chi connectivity index (χ4v) is 3.87. The van der Waals surface area contributed by atoms with E-state index in [2.05, 4.69) is 15.6 Å². The highest BCUT2D eigenvalue weighted by Gasteiger charge is 2.52. The van der Waals surface area contributed by atoms with Gasteiger partial charge in [0.25, 0.3) is 5.91 Å². The third kappa shape index (κ3) is 2.61. The molecule has 8 heteroatoms. The molecule has 1 aliphatic heterocycles. The highest BCUT2D eigenvalue weighted by atomic mass is 16.2. The number of imidazole rings is 1. The van der Waals surface area contributed by atoms with E-state index in [0.717, 1.165) is 28.8 Å². The third-order valence-electron chi connectivity index (χ3n) is 5.33. The fourth-order valence-electron chi connectivity index (χ4n) is 3.87. The minimum Gasteiger partial charge on any atom is -0.347 e. The van der Waals surface area contributed by atoms with Gasteiger partial charge in [0, 0.05) is 7.05 Å². The van der Waals surface area contributed by atoms with E-state index in [1.165, 1.54) is 0 Å². The number of fused-ring (bicyclic) bond motifs is 1. The van der Waals surface area contributed by atoms with Gasteiger partial charge < -0.3 is 15.2 Å². The SMILES string of the molecule is Cn1c(CNC(=O)CN2C(=O)NC3(CCCC3)C2=O)nc2ccccc21. The van der Waals surface area contributed by atoms with E-state index in [-0.39, 0.29) is 24.9 Å². The van der Waals surface area contributed by atoms with Gasteiger partial charge in [-0.1, -0.05) is 25.0 Å². The van der Waals surface area contributed by atoms with Crippen LogP contribution in [0.4, 0.5) is 4.79 Å². The van der Waals surface area contributed by atoms with Crippen LogP contribution in [-0.4, -0.2) is 44.4 Å². The van der Waals surface area contributed by atoms with Crippen LogP contribution in [0.2, 0.25) is 0 Å². The molecule has 2 aromatic rings. The highest BCUT2D eigenvalue weighted by Crippen LogP contribution is 2.34. The summed E-state index contributed by atoms with van der Waals surface area (Å²) in [5.74, 6) is 0.0532. The Labute approximate surface area is 150 Å². The number of rotatable bonds is 4. The van der Waals surface area contributed by atoms with Crippen LogP contribution in [0.1, 0.15) is 31.5 Å². The largest absolute Gasteiger partial charge is 0.347 e. The summed E-state index contributed by atoms with van der Waals surface area (Å²) in [6, 6.07) is 7.24. The molecule has 1 aromatic heterocycles. The number of nitrogens with one attached hydrogen (secondary N) is 2. The molecule has 2 heterocycles. The number of carbonyl (C=O) groups is 3. The molecule has 0 radical (unpaired) electrons. The molecule has 4 rings (SSSR count). The Balaban J connectivity index is 1.40. The molecule has 26 heavy (non-hydrogen) atoms. The number of hydrogen-bond acceptors (Lipinski definition) is 4. The number of aryl methyl sites for hydroxylation is 1. The normalized spacial score (nSPS) is 18.7. The first-order valence-electron chi connectivity index (χ1n) is 8.81. The van der Waals surface area contributed by atoms with Gasteiger partial charge >= 0.3 is 6.03 Å². The Kier molecular flexibility index (Phi) is 3.90. The second kappa shape index (κ2) is 6.12. The first kappa shape index (κ1) is 16.6. The average molecular weight is 355 g/mol. The van der Waals surface area contributed by atoms with E-state index in [0.29, 0.717) is 18.7 Å². The van der Waals surface area contributed by atoms with Gasteiger partial charge in [-0.05, 0) is 25.0 Å². The van der Waals surface area contributed by atoms with Crippen molar-refractivity contribution >= 4 is 28.9 Å². The van der Waals surface area contributed by atoms with Crippen LogP contribution < -0.4 is 10.6 Å². The molecule has 8 nitrogen and oxygen atoms in total. The Morgan fingerprint density at radius 1 is 1.27 bits per heavy atom. The van der Waals surface area contributed by atoms with Gasteiger partial charge in [0.2, 0.25) is 5.91 Å². The quantitative estimate of drug-likeness (QED) is 0.802. The minimum absolute atomic E-state index is 0.235. The molecule has 1 saturated carbocycles. The second-order valence-corrected chi connectivity index (χ2v) is 6.96. The van der Waals surface area contributed by atoms with Crippen molar-refractivity contribution in [1.29, 1.82) is 0 Å². The van der Waals surface area contributed by atoms with Crippen molar-refractivity contribution in [1.82, 2.24) is 25.1 Å². The first-order chi connectivity index (χ1) is 12.5. The smallest absolute Gasteiger partial charge is 0.325 e. The van der Waals surface area contributed by atoms with Crippen LogP contribution in [0, 0.1) is 0 Å². The summed E-state index contributed by atoms with van der Waals surface area (Å²) < 4.78 is 1.91. The van der Waals surface area contributed by atoms with Crippen LogP contribution >= 0.6 is 0 Å². The first-order valence-corrected chi connectivity index (χ1v) is 8.81. The van der Waals surface area contributed by atoms with Crippen molar-refractivity contribution in [2.24, 2.45) is 7.05 Å². The maximum absolute atomic E-state index is 12.6. The molecule has 0 atom stereocenters. The van der Waals surface area contributed by atoms with Gasteiger partial charge in [0.15, 0.2) is 0 Å². The molecule has 136 valence electrons. The Bertz CT molecular complexity index is 897. The maximum Gasteiger partial charge on any atom is 0.325 e. The van der Waals surface area contributed by atoms with Crippen molar-refractivity contribution in [3.63, 3.8) is 0 Å². The Hall–Kier alpha value is -2.90. The molecule has 2 aliphatic rings. The predicted octanol–water partition coefficient (Wildman–Crippen LogP) is 1.05. The topological polar surface area (TPSA) is 96.3 Å². The van der Waals surface area contributed by atoms with Crippen LogP contribution in [-0.2, 0) is 23.2 Å². The van der Waals surface area contributed by atoms with Crippen LogP contribution in [0.25, 0.3) is 11.0 Å². The monoisotopic (exact) mass is 355 g/mol. The summed E-state index contributed by atoms with van der Waals surface area (Å²) in [4.78, 5) is 42.5. The van der Waals surface area contributed by atoms with Gasteiger partial charge in [-0.2, -0.15) is 0 Å². The lowest BCUT2D eigenvalue weighted by atomic mass is 9.98. The van der Waals surface area contributed by atoms with E-state index in [1.807, 2.05) is 35.9 Å². The Morgan fingerprint density at radius 2 is 2.00 bits per heavy atom. The fraction of sp³-hybridized carbons (Fsp3) is 0.444. The number of carbonyl (C=O) groups excluding carboxylic acids is 3. The molecule has 2 fully saturated rings. The number of aromatic nitrogens is 2. The molecule has 1 aromatic carbocycles. The third-order valence-corrected chi connectivity index (χ3v) is 5.33. The van der Waals surface area contributed by atoms with Gasteiger partial charge in [0.1, 0.15) is 17.9 Å². The molecule has 1 spiro atoms. The zero-order valence-corrected chi connectivity index (χ0v) is 14.6. The summed E-state index contributed by atoms with van der Waals surface area (Å²) in [5.41, 5.74) is 1.06. The van der Waals surface area contributed by atoms with Crippen molar-refractivity contribution in [3.8, 4) is 0 Å². The number of hydrogen-bond donors (Lipinski definition) is 2. The van der Waals surface area contributed by atoms with Gasteiger partial charge in [-0.25, -0.2) is 9.78 Å². The van der Waals surface area contributed by atoms with Crippen LogP contribution in [0.5, 0.6) is 0 Å².